The van der Waals surface area contributed by atoms with Crippen molar-refractivity contribution in [2.45, 2.75) is 45.1 Å². The number of fused-ring (bicyclic) bond motifs is 1. The monoisotopic (exact) mass is 736 g/mol. The van der Waals surface area contributed by atoms with Gasteiger partial charge >= 0.3 is 5.97 Å². The van der Waals surface area contributed by atoms with Crippen LogP contribution in [0.25, 0.3) is 10.9 Å². The van der Waals surface area contributed by atoms with Crippen LogP contribution < -0.4 is 30.6 Å². The van der Waals surface area contributed by atoms with Crippen LogP contribution in [-0.4, -0.2) is 72.1 Å². The molecule has 1 fully saturated rings. The smallest absolute Gasteiger partial charge is 0.322 e. The number of nitrogens with two attached hydrogens (primary N) is 1. The van der Waals surface area contributed by atoms with Crippen LogP contribution in [0.4, 0.5) is 20.2 Å². The Morgan fingerprint density at radius 1 is 0.868 bits per heavy atom. The molecule has 282 valence electrons. The fourth-order valence-corrected chi connectivity index (χ4v) is 5.33. The molecule has 1 heterocycles. The average Bonchev–Trinajstić information content (AvgIpc) is 3.97. The molecule has 53 heavy (non-hydrogen) atoms. The molecule has 0 aliphatic heterocycles. The molecule has 0 saturated heterocycles. The summed E-state index contributed by atoms with van der Waals surface area (Å²) in [6.45, 7) is 1.72. The minimum Gasteiger partial charge on any atom is -0.490 e. The summed E-state index contributed by atoms with van der Waals surface area (Å²) in [7, 11) is 0. The Kier molecular flexibility index (Phi) is 13.1. The molecule has 5 rings (SSSR count). The summed E-state index contributed by atoms with van der Waals surface area (Å²) in [5.41, 5.74) is 5.59. The van der Waals surface area contributed by atoms with Crippen LogP contribution in [0.1, 0.15) is 39.0 Å². The van der Waals surface area contributed by atoms with Crippen molar-refractivity contribution in [2.24, 2.45) is 17.1 Å². The lowest BCUT2D eigenvalue weighted by atomic mass is 10.0. The highest BCUT2D eigenvalue weighted by Gasteiger charge is 2.56. The van der Waals surface area contributed by atoms with Crippen molar-refractivity contribution in [3.8, 4) is 23.0 Å². The van der Waals surface area contributed by atoms with E-state index >= 15 is 4.39 Å². The number of aliphatic hydroxyl groups is 2. The number of amides is 2. The molecule has 0 radical (unpaired) electrons. The van der Waals surface area contributed by atoms with Gasteiger partial charge in [-0.05, 0) is 87.6 Å². The fourth-order valence-electron chi connectivity index (χ4n) is 5.33. The number of carbonyl (C=O) groups excluding carboxylic acids is 3. The van der Waals surface area contributed by atoms with Crippen molar-refractivity contribution in [3.05, 3.63) is 78.5 Å². The van der Waals surface area contributed by atoms with Gasteiger partial charge in [-0.25, -0.2) is 8.78 Å². The molecule has 13 nitrogen and oxygen atoms in total. The molecule has 1 aliphatic rings. The van der Waals surface area contributed by atoms with E-state index in [1.807, 2.05) is 6.92 Å². The van der Waals surface area contributed by atoms with E-state index in [-0.39, 0.29) is 43.6 Å². The second-order valence-corrected chi connectivity index (χ2v) is 12.6. The average molecular weight is 737 g/mol. The maximum atomic E-state index is 15.3. The van der Waals surface area contributed by atoms with Crippen molar-refractivity contribution < 1.29 is 52.3 Å². The van der Waals surface area contributed by atoms with Gasteiger partial charge < -0.3 is 45.5 Å². The predicted molar refractivity (Wildman–Crippen MR) is 191 cm³/mol. The van der Waals surface area contributed by atoms with Crippen molar-refractivity contribution in [3.63, 3.8) is 0 Å². The first kappa shape index (κ1) is 38.8. The molecule has 1 saturated carbocycles. The molecule has 0 spiro atoms. The van der Waals surface area contributed by atoms with Crippen molar-refractivity contribution >= 4 is 40.1 Å². The van der Waals surface area contributed by atoms with Crippen LogP contribution in [0, 0.1) is 23.0 Å². The lowest BCUT2D eigenvalue weighted by Gasteiger charge is -2.17. The van der Waals surface area contributed by atoms with E-state index < -0.39 is 46.8 Å². The highest BCUT2D eigenvalue weighted by atomic mass is 19.1. The second-order valence-electron chi connectivity index (χ2n) is 12.6. The quantitative estimate of drug-likeness (QED) is 0.0490. The molecule has 6 N–H and O–H groups in total. The zero-order chi connectivity index (χ0) is 38.0. The number of carbonyl (C=O) groups is 3. The van der Waals surface area contributed by atoms with E-state index in [9.17, 15) is 18.8 Å². The third-order valence-electron chi connectivity index (χ3n) is 8.65. The summed E-state index contributed by atoms with van der Waals surface area (Å²) >= 11 is 0. The third kappa shape index (κ3) is 9.94. The van der Waals surface area contributed by atoms with Gasteiger partial charge in [-0.1, -0.05) is 0 Å². The minimum atomic E-state index is -1.31. The predicted octanol–water partition coefficient (Wildman–Crippen LogP) is 5.08. The molecule has 2 amide bonds. The molecule has 1 aromatic heterocycles. The Bertz CT molecular complexity index is 1900. The topological polar surface area (TPSA) is 192 Å². The Balaban J connectivity index is 1.18. The maximum absolute atomic E-state index is 15.3. The summed E-state index contributed by atoms with van der Waals surface area (Å²) in [4.78, 5) is 42.5. The third-order valence-corrected chi connectivity index (χ3v) is 8.65. The molecule has 1 unspecified atom stereocenters. The van der Waals surface area contributed by atoms with Crippen molar-refractivity contribution in [1.29, 1.82) is 0 Å². The van der Waals surface area contributed by atoms with Crippen molar-refractivity contribution in [1.82, 2.24) is 4.98 Å². The highest BCUT2D eigenvalue weighted by Crippen LogP contribution is 2.48. The summed E-state index contributed by atoms with van der Waals surface area (Å²) in [5.74, 6) is -2.46. The van der Waals surface area contributed by atoms with E-state index in [4.69, 9.17) is 34.9 Å². The molecule has 1 aliphatic carbocycles. The zero-order valence-corrected chi connectivity index (χ0v) is 29.1. The van der Waals surface area contributed by atoms with Gasteiger partial charge in [0.15, 0.2) is 23.1 Å². The van der Waals surface area contributed by atoms with E-state index in [0.717, 1.165) is 6.07 Å². The summed E-state index contributed by atoms with van der Waals surface area (Å²) in [5, 5.41) is 24.0. The lowest BCUT2D eigenvalue weighted by Crippen LogP contribution is -2.35. The standard InChI is InChI=1S/C38H42F2N4O9/c1-2-50-33-18-27-30(19-34(33)51-16-4-3-5-29(41)35(47)52-22-23(20-45)21-46)42-15-12-31(27)53-32-11-10-26(17-28(32)40)44-37(49)38(13-14-38)36(48)43-25-8-6-24(39)7-9-25/h6-12,15,17-19,23,29,45-46H,2-5,13-14,16,20-22,41H2,1H3,(H,43,48)(H,44,49). The van der Waals surface area contributed by atoms with E-state index in [1.54, 1.807) is 18.2 Å². The first-order valence-electron chi connectivity index (χ1n) is 17.2. The number of pyridine rings is 1. The van der Waals surface area contributed by atoms with Gasteiger partial charge in [0.25, 0.3) is 0 Å². The first-order chi connectivity index (χ1) is 25.6. The Morgan fingerprint density at radius 3 is 2.21 bits per heavy atom. The van der Waals surface area contributed by atoms with E-state index in [1.165, 1.54) is 42.6 Å². The SMILES string of the molecule is CCOc1cc2c(Oc3ccc(NC(=O)C4(C(=O)Nc5ccc(F)cc5)CC4)cc3F)ccnc2cc1OCCCCC(N)C(=O)OCC(CO)CO. The molecule has 4 aromatic rings. The number of ether oxygens (including phenoxy) is 4. The Morgan fingerprint density at radius 2 is 1.55 bits per heavy atom. The number of aliphatic hydroxyl groups excluding tert-OH is 2. The van der Waals surface area contributed by atoms with Crippen LogP contribution >= 0.6 is 0 Å². The van der Waals surface area contributed by atoms with Crippen LogP contribution in [0.15, 0.2) is 66.9 Å². The number of anilines is 2. The molecule has 15 heteroatoms. The molecule has 1 atom stereocenters. The maximum Gasteiger partial charge on any atom is 0.322 e. The lowest BCUT2D eigenvalue weighted by molar-refractivity contribution is -0.147. The molecular weight excluding hydrogens is 694 g/mol. The molecule has 0 bridgehead atoms. The number of aromatic nitrogens is 1. The Hall–Kier alpha value is -5.38. The minimum absolute atomic E-state index is 0.113. The highest BCUT2D eigenvalue weighted by molar-refractivity contribution is 6.16. The van der Waals surface area contributed by atoms with Gasteiger partial charge in [0.2, 0.25) is 11.8 Å². The summed E-state index contributed by atoms with van der Waals surface area (Å²) in [6.07, 6.45) is 3.61. The fraction of sp³-hybridized carbons (Fsp3) is 0.368. The number of esters is 1. The summed E-state index contributed by atoms with van der Waals surface area (Å²) in [6, 6.07) is 13.2. The number of nitrogens with zero attached hydrogens (tertiary/aromatic N) is 1. The zero-order valence-electron chi connectivity index (χ0n) is 29.1. The number of halogens is 2. The number of unbranched alkanes of at least 4 members (excludes halogenated alkanes) is 1. The van der Waals surface area contributed by atoms with Crippen molar-refractivity contribution in [2.75, 3.05) is 43.7 Å². The number of rotatable bonds is 19. The number of benzene rings is 3. The first-order valence-corrected chi connectivity index (χ1v) is 17.2. The van der Waals surface area contributed by atoms with Gasteiger partial charge in [-0.15, -0.1) is 0 Å². The second kappa shape index (κ2) is 17.9. The van der Waals surface area contributed by atoms with Crippen LogP contribution in [0.5, 0.6) is 23.0 Å². The van der Waals surface area contributed by atoms with Crippen LogP contribution in [0.2, 0.25) is 0 Å². The van der Waals surface area contributed by atoms with Gasteiger partial charge in [-0.3, -0.25) is 19.4 Å². The molecule has 3 aromatic carbocycles. The van der Waals surface area contributed by atoms with Gasteiger partial charge in [-0.2, -0.15) is 0 Å². The van der Waals surface area contributed by atoms with Gasteiger partial charge in [0, 0.05) is 41.0 Å². The molecular formula is C38H42F2N4O9. The van der Waals surface area contributed by atoms with Gasteiger partial charge in [0.05, 0.1) is 38.6 Å². The number of nitrogens with one attached hydrogen (secondary N) is 2. The number of hydrogen-bond donors (Lipinski definition) is 5. The van der Waals surface area contributed by atoms with Crippen LogP contribution in [0.3, 0.4) is 0 Å². The normalized spacial score (nSPS) is 13.6. The van der Waals surface area contributed by atoms with E-state index in [2.05, 4.69) is 15.6 Å². The summed E-state index contributed by atoms with van der Waals surface area (Å²) < 4.78 is 51.4. The largest absolute Gasteiger partial charge is 0.490 e. The van der Waals surface area contributed by atoms with Gasteiger partial charge in [0.1, 0.15) is 23.0 Å². The number of hydrogen-bond acceptors (Lipinski definition) is 11. The van der Waals surface area contributed by atoms with E-state index in [0.29, 0.717) is 66.8 Å². The van der Waals surface area contributed by atoms with Crippen LogP contribution in [-0.2, 0) is 19.1 Å². The Labute approximate surface area is 304 Å².